The molecule has 0 aliphatic heterocycles. The van der Waals surface area contributed by atoms with Crippen molar-refractivity contribution >= 4 is 0 Å². The van der Waals surface area contributed by atoms with E-state index in [2.05, 4.69) is 17.2 Å². The second-order valence-corrected chi connectivity index (χ2v) is 5.43. The maximum Gasteiger partial charge on any atom is 0.122 e. The Labute approximate surface area is 103 Å². The van der Waals surface area contributed by atoms with E-state index in [0.29, 0.717) is 0 Å². The molecule has 0 aromatic carbocycles. The number of aliphatic hydroxyl groups excluding tert-OH is 1. The van der Waals surface area contributed by atoms with Crippen LogP contribution in [0, 0.1) is 5.92 Å². The average Bonchev–Trinajstić information content (AvgIpc) is 2.75. The maximum absolute atomic E-state index is 9.64. The first-order chi connectivity index (χ1) is 8.15. The number of rotatable bonds is 4. The zero-order valence-corrected chi connectivity index (χ0v) is 10.8. The lowest BCUT2D eigenvalue weighted by molar-refractivity contribution is 0.103. The van der Waals surface area contributed by atoms with Gasteiger partial charge in [-0.25, -0.2) is 4.98 Å². The minimum Gasteiger partial charge on any atom is -0.394 e. The molecule has 1 aromatic heterocycles. The first kappa shape index (κ1) is 12.6. The smallest absolute Gasteiger partial charge is 0.122 e. The normalized spacial score (nSPS) is 29.5. The van der Waals surface area contributed by atoms with Crippen LogP contribution in [-0.4, -0.2) is 26.8 Å². The zero-order valence-electron chi connectivity index (χ0n) is 10.8. The second kappa shape index (κ2) is 5.19. The van der Waals surface area contributed by atoms with Gasteiger partial charge in [-0.1, -0.05) is 6.92 Å². The summed E-state index contributed by atoms with van der Waals surface area (Å²) in [4.78, 5) is 4.30. The molecule has 1 fully saturated rings. The number of imidazole rings is 1. The lowest BCUT2D eigenvalue weighted by atomic mass is 9.77. The third-order valence-electron chi connectivity index (χ3n) is 4.08. The molecule has 0 radical (unpaired) electrons. The highest BCUT2D eigenvalue weighted by atomic mass is 16.3. The number of aromatic nitrogens is 2. The molecule has 2 rings (SSSR count). The quantitative estimate of drug-likeness (QED) is 0.833. The highest BCUT2D eigenvalue weighted by Crippen LogP contribution is 2.31. The van der Waals surface area contributed by atoms with Crippen molar-refractivity contribution in [3.05, 3.63) is 18.2 Å². The number of nitrogens with zero attached hydrogens (tertiary/aromatic N) is 2. The van der Waals surface area contributed by atoms with Crippen molar-refractivity contribution in [2.75, 3.05) is 6.61 Å². The Morgan fingerprint density at radius 2 is 2.24 bits per heavy atom. The Balaban J connectivity index is 1.94. The summed E-state index contributed by atoms with van der Waals surface area (Å²) < 4.78 is 2.02. The average molecular weight is 237 g/mol. The monoisotopic (exact) mass is 237 g/mol. The van der Waals surface area contributed by atoms with Crippen molar-refractivity contribution < 1.29 is 5.11 Å². The summed E-state index contributed by atoms with van der Waals surface area (Å²) in [7, 11) is 2.00. The summed E-state index contributed by atoms with van der Waals surface area (Å²) in [6.45, 7) is 3.25. The van der Waals surface area contributed by atoms with Gasteiger partial charge in [0.15, 0.2) is 0 Å². The number of hydrogen-bond donors (Lipinski definition) is 2. The van der Waals surface area contributed by atoms with Gasteiger partial charge in [-0.3, -0.25) is 0 Å². The van der Waals surface area contributed by atoms with E-state index in [1.165, 1.54) is 12.8 Å². The molecule has 1 heterocycles. The summed E-state index contributed by atoms with van der Waals surface area (Å²) in [5.74, 6) is 1.82. The van der Waals surface area contributed by atoms with Crippen LogP contribution in [0.4, 0.5) is 0 Å². The second-order valence-electron chi connectivity index (χ2n) is 5.43. The molecule has 2 N–H and O–H groups in total. The number of aliphatic hydroxyl groups is 1. The largest absolute Gasteiger partial charge is 0.394 e. The first-order valence-electron chi connectivity index (χ1n) is 6.47. The molecule has 0 saturated heterocycles. The zero-order chi connectivity index (χ0) is 12.3. The van der Waals surface area contributed by atoms with Crippen molar-refractivity contribution in [2.45, 2.75) is 44.7 Å². The van der Waals surface area contributed by atoms with E-state index >= 15 is 0 Å². The molecule has 0 bridgehead atoms. The fourth-order valence-corrected chi connectivity index (χ4v) is 2.54. The van der Waals surface area contributed by atoms with Gasteiger partial charge in [0.2, 0.25) is 0 Å². The van der Waals surface area contributed by atoms with Gasteiger partial charge in [0, 0.05) is 25.0 Å². The predicted molar refractivity (Wildman–Crippen MR) is 67.5 cm³/mol. The molecule has 96 valence electrons. The summed E-state index contributed by atoms with van der Waals surface area (Å²) in [5.41, 5.74) is -0.0849. The standard InChI is InChI=1S/C13H23N3O/c1-11-3-5-13(10-17,6-4-11)15-9-12-14-7-8-16(12)2/h7-8,11,15,17H,3-6,9-10H2,1-2H3. The lowest BCUT2D eigenvalue weighted by Gasteiger charge is -2.38. The fraction of sp³-hybridized carbons (Fsp3) is 0.769. The maximum atomic E-state index is 9.64. The van der Waals surface area contributed by atoms with Crippen LogP contribution in [0.1, 0.15) is 38.4 Å². The van der Waals surface area contributed by atoms with Crippen LogP contribution in [-0.2, 0) is 13.6 Å². The molecule has 1 saturated carbocycles. The predicted octanol–water partition coefficient (Wildman–Crippen LogP) is 1.45. The van der Waals surface area contributed by atoms with Crippen LogP contribution in [0.25, 0.3) is 0 Å². The van der Waals surface area contributed by atoms with Crippen LogP contribution >= 0.6 is 0 Å². The van der Waals surface area contributed by atoms with E-state index in [1.807, 2.05) is 24.0 Å². The Kier molecular flexibility index (Phi) is 3.84. The van der Waals surface area contributed by atoms with E-state index in [0.717, 1.165) is 31.1 Å². The number of aryl methyl sites for hydroxylation is 1. The van der Waals surface area contributed by atoms with Gasteiger partial charge >= 0.3 is 0 Å². The van der Waals surface area contributed by atoms with Gasteiger partial charge in [-0.2, -0.15) is 0 Å². The molecule has 0 unspecified atom stereocenters. The SMILES string of the molecule is CC1CCC(CO)(NCc2nccn2C)CC1. The number of hydrogen-bond acceptors (Lipinski definition) is 3. The van der Waals surface area contributed by atoms with Gasteiger partial charge in [-0.05, 0) is 31.6 Å². The molecule has 1 aliphatic rings. The Bertz CT molecular complexity index is 353. The van der Waals surface area contributed by atoms with Gasteiger partial charge in [-0.15, -0.1) is 0 Å². The summed E-state index contributed by atoms with van der Waals surface area (Å²) in [5, 5.41) is 13.2. The van der Waals surface area contributed by atoms with Gasteiger partial charge in [0.1, 0.15) is 5.82 Å². The Morgan fingerprint density at radius 1 is 1.53 bits per heavy atom. The highest BCUT2D eigenvalue weighted by Gasteiger charge is 2.33. The van der Waals surface area contributed by atoms with Gasteiger partial charge in [0.25, 0.3) is 0 Å². The first-order valence-corrected chi connectivity index (χ1v) is 6.47. The number of nitrogens with one attached hydrogen (secondary N) is 1. The van der Waals surface area contributed by atoms with E-state index in [-0.39, 0.29) is 12.1 Å². The van der Waals surface area contributed by atoms with Crippen molar-refractivity contribution in [1.29, 1.82) is 0 Å². The molecular weight excluding hydrogens is 214 g/mol. The van der Waals surface area contributed by atoms with Crippen molar-refractivity contribution in [3.8, 4) is 0 Å². The van der Waals surface area contributed by atoms with Gasteiger partial charge in [0.05, 0.1) is 13.2 Å². The molecule has 0 atom stereocenters. The van der Waals surface area contributed by atoms with Crippen LogP contribution in [0.15, 0.2) is 12.4 Å². The lowest BCUT2D eigenvalue weighted by Crippen LogP contribution is -2.50. The molecule has 4 heteroatoms. The Hall–Kier alpha value is -0.870. The fourth-order valence-electron chi connectivity index (χ4n) is 2.54. The van der Waals surface area contributed by atoms with Crippen LogP contribution in [0.3, 0.4) is 0 Å². The molecule has 17 heavy (non-hydrogen) atoms. The summed E-state index contributed by atoms with van der Waals surface area (Å²) >= 11 is 0. The van der Waals surface area contributed by atoms with Crippen LogP contribution in [0.2, 0.25) is 0 Å². The van der Waals surface area contributed by atoms with Crippen LogP contribution in [0.5, 0.6) is 0 Å². The highest BCUT2D eigenvalue weighted by molar-refractivity contribution is 4.96. The molecule has 0 amide bonds. The third kappa shape index (κ3) is 2.87. The minimum absolute atomic E-state index is 0.0849. The van der Waals surface area contributed by atoms with Crippen molar-refractivity contribution in [2.24, 2.45) is 13.0 Å². The van der Waals surface area contributed by atoms with E-state index in [4.69, 9.17) is 0 Å². The summed E-state index contributed by atoms with van der Waals surface area (Å²) in [6, 6.07) is 0. The molecule has 1 aliphatic carbocycles. The summed E-state index contributed by atoms with van der Waals surface area (Å²) in [6.07, 6.45) is 8.30. The van der Waals surface area contributed by atoms with Crippen molar-refractivity contribution in [3.63, 3.8) is 0 Å². The third-order valence-corrected chi connectivity index (χ3v) is 4.08. The van der Waals surface area contributed by atoms with Crippen molar-refractivity contribution in [1.82, 2.24) is 14.9 Å². The minimum atomic E-state index is -0.0849. The molecule has 4 nitrogen and oxygen atoms in total. The molecular formula is C13H23N3O. The Morgan fingerprint density at radius 3 is 2.76 bits per heavy atom. The van der Waals surface area contributed by atoms with Crippen LogP contribution < -0.4 is 5.32 Å². The van der Waals surface area contributed by atoms with E-state index in [1.54, 1.807) is 0 Å². The van der Waals surface area contributed by atoms with Gasteiger partial charge < -0.3 is 15.0 Å². The van der Waals surface area contributed by atoms with E-state index < -0.39 is 0 Å². The molecule has 0 spiro atoms. The topological polar surface area (TPSA) is 50.1 Å². The van der Waals surface area contributed by atoms with E-state index in [9.17, 15) is 5.11 Å². The molecule has 1 aromatic rings.